The van der Waals surface area contributed by atoms with Crippen molar-refractivity contribution in [3.05, 3.63) is 53.6 Å². The molecule has 3 N–H and O–H groups in total. The molecule has 0 saturated heterocycles. The van der Waals surface area contributed by atoms with Crippen molar-refractivity contribution in [2.75, 3.05) is 11.1 Å². The van der Waals surface area contributed by atoms with E-state index in [1.807, 2.05) is 0 Å². The van der Waals surface area contributed by atoms with Crippen LogP contribution in [0.4, 0.5) is 5.69 Å². The summed E-state index contributed by atoms with van der Waals surface area (Å²) in [5.74, 6) is -2.24. The molecular formula is C17H12N3O4S2-. The number of nitrogens with two attached hydrogens (primary N) is 1. The van der Waals surface area contributed by atoms with Crippen molar-refractivity contribution in [3.8, 4) is 0 Å². The first-order valence-electron chi connectivity index (χ1n) is 7.37. The Morgan fingerprint density at radius 3 is 2.58 bits per heavy atom. The van der Waals surface area contributed by atoms with Crippen molar-refractivity contribution < 1.29 is 19.5 Å². The molecule has 26 heavy (non-hydrogen) atoms. The van der Waals surface area contributed by atoms with Crippen LogP contribution >= 0.6 is 23.1 Å². The summed E-state index contributed by atoms with van der Waals surface area (Å²) in [4.78, 5) is 38.8. The summed E-state index contributed by atoms with van der Waals surface area (Å²) in [6.07, 6.45) is 0. The number of aromatic carboxylic acids is 1. The Morgan fingerprint density at radius 1 is 1.15 bits per heavy atom. The van der Waals surface area contributed by atoms with Gasteiger partial charge in [-0.25, -0.2) is 4.98 Å². The number of hydrogen-bond donors (Lipinski definition) is 2. The van der Waals surface area contributed by atoms with Gasteiger partial charge in [0.2, 0.25) is 5.91 Å². The number of benzene rings is 2. The van der Waals surface area contributed by atoms with Crippen LogP contribution in [0, 0.1) is 0 Å². The maximum Gasteiger partial charge on any atom is 0.256 e. The van der Waals surface area contributed by atoms with Crippen molar-refractivity contribution in [2.45, 2.75) is 4.34 Å². The highest BCUT2D eigenvalue weighted by atomic mass is 32.2. The first-order valence-corrected chi connectivity index (χ1v) is 9.17. The summed E-state index contributed by atoms with van der Waals surface area (Å²) >= 11 is 2.62. The minimum atomic E-state index is -1.41. The lowest BCUT2D eigenvalue weighted by atomic mass is 10.1. The van der Waals surface area contributed by atoms with Gasteiger partial charge in [-0.1, -0.05) is 30.0 Å². The highest BCUT2D eigenvalue weighted by Gasteiger charge is 2.13. The number of carboxylic acids is 1. The molecule has 0 radical (unpaired) electrons. The number of nitrogens with zero attached hydrogens (tertiary/aromatic N) is 1. The van der Waals surface area contributed by atoms with Crippen LogP contribution in [0.15, 0.2) is 46.8 Å². The van der Waals surface area contributed by atoms with Crippen LogP contribution in [-0.2, 0) is 4.79 Å². The molecule has 1 aromatic heterocycles. The third-order valence-corrected chi connectivity index (χ3v) is 5.54. The number of anilines is 1. The molecule has 0 unspecified atom stereocenters. The molecule has 0 aliphatic carbocycles. The first-order chi connectivity index (χ1) is 12.4. The fourth-order valence-corrected chi connectivity index (χ4v) is 4.08. The van der Waals surface area contributed by atoms with Gasteiger partial charge in [0.05, 0.1) is 21.9 Å². The van der Waals surface area contributed by atoms with Crippen molar-refractivity contribution in [2.24, 2.45) is 5.73 Å². The van der Waals surface area contributed by atoms with Crippen molar-refractivity contribution >= 4 is 56.8 Å². The zero-order chi connectivity index (χ0) is 18.7. The summed E-state index contributed by atoms with van der Waals surface area (Å²) in [6.45, 7) is 0. The number of nitrogens with one attached hydrogen (secondary N) is 1. The average molecular weight is 386 g/mol. The molecule has 0 saturated carbocycles. The van der Waals surface area contributed by atoms with E-state index < -0.39 is 17.8 Å². The number of fused-ring (bicyclic) bond motifs is 1. The number of hydrogen-bond acceptors (Lipinski definition) is 7. The Morgan fingerprint density at radius 2 is 1.88 bits per heavy atom. The van der Waals surface area contributed by atoms with Crippen LogP contribution in [0.5, 0.6) is 0 Å². The number of carbonyl (C=O) groups is 3. The fraction of sp³-hybridized carbons (Fsp3) is 0.0588. The van der Waals surface area contributed by atoms with E-state index in [1.54, 1.807) is 24.3 Å². The van der Waals surface area contributed by atoms with E-state index in [9.17, 15) is 19.5 Å². The number of carbonyl (C=O) groups excluding carboxylic acids is 3. The summed E-state index contributed by atoms with van der Waals surface area (Å²) in [5.41, 5.74) is 6.21. The minimum absolute atomic E-state index is 0.0228. The second-order valence-electron chi connectivity index (χ2n) is 5.20. The van der Waals surface area contributed by atoms with Gasteiger partial charge >= 0.3 is 0 Å². The second-order valence-corrected chi connectivity index (χ2v) is 7.46. The fourth-order valence-electron chi connectivity index (χ4n) is 2.23. The van der Waals surface area contributed by atoms with Crippen molar-refractivity contribution in [1.82, 2.24) is 4.98 Å². The molecule has 2 amide bonds. The lowest BCUT2D eigenvalue weighted by molar-refractivity contribution is -0.255. The number of carboxylic acid groups (broad SMARTS) is 1. The van der Waals surface area contributed by atoms with E-state index in [-0.39, 0.29) is 16.9 Å². The zero-order valence-corrected chi connectivity index (χ0v) is 14.9. The molecule has 2 aromatic carbocycles. The molecule has 0 bridgehead atoms. The predicted octanol–water partition coefficient (Wildman–Crippen LogP) is 1.49. The molecule has 1 heterocycles. The Kier molecular flexibility index (Phi) is 5.19. The number of thiazole rings is 1. The third kappa shape index (κ3) is 4.01. The largest absolute Gasteiger partial charge is 0.545 e. The zero-order valence-electron chi connectivity index (χ0n) is 13.2. The molecular weight excluding hydrogens is 374 g/mol. The molecule has 3 rings (SSSR count). The van der Waals surface area contributed by atoms with Gasteiger partial charge in [-0.2, -0.15) is 0 Å². The lowest BCUT2D eigenvalue weighted by Gasteiger charge is -2.10. The van der Waals surface area contributed by atoms with E-state index in [1.165, 1.54) is 41.3 Å². The Balaban J connectivity index is 1.81. The van der Waals surface area contributed by atoms with E-state index in [2.05, 4.69) is 10.3 Å². The SMILES string of the molecule is NC(=O)CSc1nc2ccc(NC(=O)c3ccccc3C(=O)[O-])cc2s1. The molecule has 3 aromatic rings. The first kappa shape index (κ1) is 17.9. The van der Waals surface area contributed by atoms with Gasteiger partial charge in [-0.15, -0.1) is 11.3 Å². The summed E-state index contributed by atoms with van der Waals surface area (Å²) < 4.78 is 1.52. The molecule has 0 fully saturated rings. The molecule has 132 valence electrons. The Hall–Kier alpha value is -2.91. The van der Waals surface area contributed by atoms with E-state index >= 15 is 0 Å². The van der Waals surface area contributed by atoms with Gasteiger partial charge in [-0.05, 0) is 24.3 Å². The number of thioether (sulfide) groups is 1. The van der Waals surface area contributed by atoms with Crippen LogP contribution in [0.25, 0.3) is 10.2 Å². The highest BCUT2D eigenvalue weighted by molar-refractivity contribution is 8.01. The summed E-state index contributed by atoms with van der Waals surface area (Å²) in [7, 11) is 0. The predicted molar refractivity (Wildman–Crippen MR) is 98.3 cm³/mol. The smallest absolute Gasteiger partial charge is 0.256 e. The van der Waals surface area contributed by atoms with Crippen LogP contribution in [-0.4, -0.2) is 28.5 Å². The van der Waals surface area contributed by atoms with Crippen LogP contribution in [0.1, 0.15) is 20.7 Å². The van der Waals surface area contributed by atoms with Crippen molar-refractivity contribution in [1.29, 1.82) is 0 Å². The molecule has 7 nitrogen and oxygen atoms in total. The number of amides is 2. The standard InChI is InChI=1S/C17H13N3O4S2/c18-14(21)8-25-17-20-12-6-5-9(7-13(12)26-17)19-15(22)10-3-1-2-4-11(10)16(23)24/h1-7H,8H2,(H2,18,21)(H,19,22)(H,23,24)/p-1. The number of aromatic nitrogens is 1. The van der Waals surface area contributed by atoms with Gasteiger partial charge < -0.3 is 21.0 Å². The summed E-state index contributed by atoms with van der Waals surface area (Å²) in [5, 5.41) is 13.8. The summed E-state index contributed by atoms with van der Waals surface area (Å²) in [6, 6.07) is 11.0. The van der Waals surface area contributed by atoms with Gasteiger partial charge in [0.15, 0.2) is 4.34 Å². The van der Waals surface area contributed by atoms with Gasteiger partial charge in [-0.3, -0.25) is 9.59 Å². The highest BCUT2D eigenvalue weighted by Crippen LogP contribution is 2.31. The van der Waals surface area contributed by atoms with E-state index in [0.717, 1.165) is 10.2 Å². The van der Waals surface area contributed by atoms with Crippen LogP contribution < -0.4 is 16.2 Å². The van der Waals surface area contributed by atoms with Gasteiger partial charge in [0, 0.05) is 16.8 Å². The average Bonchev–Trinajstić information content (AvgIpc) is 3.02. The normalized spacial score (nSPS) is 10.6. The minimum Gasteiger partial charge on any atom is -0.545 e. The lowest BCUT2D eigenvalue weighted by Crippen LogP contribution is -2.26. The van der Waals surface area contributed by atoms with Crippen LogP contribution in [0.3, 0.4) is 0 Å². The Bertz CT molecular complexity index is 1020. The maximum absolute atomic E-state index is 12.4. The van der Waals surface area contributed by atoms with Gasteiger partial charge in [0.25, 0.3) is 5.91 Å². The van der Waals surface area contributed by atoms with Crippen LogP contribution in [0.2, 0.25) is 0 Å². The topological polar surface area (TPSA) is 125 Å². The molecule has 0 spiro atoms. The number of rotatable bonds is 6. The maximum atomic E-state index is 12.4. The monoisotopic (exact) mass is 386 g/mol. The second kappa shape index (κ2) is 7.54. The molecule has 0 aliphatic rings. The Labute approximate surface area is 156 Å². The molecule has 0 aliphatic heterocycles. The van der Waals surface area contributed by atoms with Gasteiger partial charge in [0.1, 0.15) is 0 Å². The molecule has 0 atom stereocenters. The quantitative estimate of drug-likeness (QED) is 0.618. The number of primary amides is 1. The van der Waals surface area contributed by atoms with E-state index in [4.69, 9.17) is 5.73 Å². The van der Waals surface area contributed by atoms with E-state index in [0.29, 0.717) is 10.0 Å². The third-order valence-electron chi connectivity index (χ3n) is 3.36. The molecule has 9 heteroatoms. The van der Waals surface area contributed by atoms with Crippen molar-refractivity contribution in [3.63, 3.8) is 0 Å².